The molecule has 0 unspecified atom stereocenters. The first-order chi connectivity index (χ1) is 12.2. The molecule has 2 N–H and O–H groups in total. The number of carbonyl (C=O) groups excluding carboxylic acids is 1. The normalized spacial score (nSPS) is 13.8. The number of pyridine rings is 1. The van der Waals surface area contributed by atoms with Crippen LogP contribution in [0.15, 0.2) is 18.3 Å². The molecule has 128 valence electrons. The molecular weight excluding hydrogens is 318 g/mol. The van der Waals surface area contributed by atoms with Crippen molar-refractivity contribution in [3.63, 3.8) is 0 Å². The third kappa shape index (κ3) is 2.79. The van der Waals surface area contributed by atoms with Crippen LogP contribution in [-0.2, 0) is 13.0 Å². The minimum Gasteiger partial charge on any atom is -0.369 e. The molecule has 4 rings (SSSR count). The maximum Gasteiger partial charge on any atom is 0.255 e. The van der Waals surface area contributed by atoms with Crippen LogP contribution in [0.25, 0.3) is 11.0 Å². The lowest BCUT2D eigenvalue weighted by molar-refractivity contribution is 0.0733. The number of anilines is 1. The highest BCUT2D eigenvalue weighted by Gasteiger charge is 2.24. The van der Waals surface area contributed by atoms with Gasteiger partial charge in [-0.25, -0.2) is 4.98 Å². The van der Waals surface area contributed by atoms with Crippen molar-refractivity contribution in [3.05, 3.63) is 40.8 Å². The minimum absolute atomic E-state index is 0.0255. The predicted molar refractivity (Wildman–Crippen MR) is 93.3 cm³/mol. The summed E-state index contributed by atoms with van der Waals surface area (Å²) in [6.45, 7) is 5.88. The Hall–Kier alpha value is -3.03. The zero-order chi connectivity index (χ0) is 17.4. The first-order valence-electron chi connectivity index (χ1n) is 8.35. The Bertz CT molecular complexity index is 949. The summed E-state index contributed by atoms with van der Waals surface area (Å²) in [5.41, 5.74) is 4.12. The number of carbonyl (C=O) groups is 1. The SMILES string of the molecule is CCNc1cc2c(nn1)CCN(C(=O)c1cnc3n[nH]c(C)c3c1)C2. The summed E-state index contributed by atoms with van der Waals surface area (Å²) < 4.78 is 0. The zero-order valence-corrected chi connectivity index (χ0v) is 14.2. The van der Waals surface area contributed by atoms with Crippen LogP contribution in [0, 0.1) is 6.92 Å². The number of aryl methyl sites for hydroxylation is 1. The van der Waals surface area contributed by atoms with E-state index >= 15 is 0 Å². The van der Waals surface area contributed by atoms with Gasteiger partial charge in [0.05, 0.1) is 11.3 Å². The molecular formula is C17H19N7O. The number of rotatable bonds is 3. The first-order valence-corrected chi connectivity index (χ1v) is 8.35. The lowest BCUT2D eigenvalue weighted by Crippen LogP contribution is -2.36. The zero-order valence-electron chi connectivity index (χ0n) is 14.2. The monoisotopic (exact) mass is 337 g/mol. The summed E-state index contributed by atoms with van der Waals surface area (Å²) in [5.74, 6) is 0.718. The van der Waals surface area contributed by atoms with Crippen molar-refractivity contribution in [1.29, 1.82) is 0 Å². The minimum atomic E-state index is -0.0255. The second-order valence-electron chi connectivity index (χ2n) is 6.15. The van der Waals surface area contributed by atoms with Crippen LogP contribution < -0.4 is 5.32 Å². The number of amides is 1. The molecule has 0 aromatic carbocycles. The lowest BCUT2D eigenvalue weighted by Gasteiger charge is -2.28. The molecule has 4 heterocycles. The fourth-order valence-electron chi connectivity index (χ4n) is 3.09. The van der Waals surface area contributed by atoms with Gasteiger partial charge in [-0.2, -0.15) is 10.2 Å². The van der Waals surface area contributed by atoms with E-state index in [1.165, 1.54) is 0 Å². The van der Waals surface area contributed by atoms with Gasteiger partial charge in [0.1, 0.15) is 5.82 Å². The molecule has 0 aliphatic carbocycles. The van der Waals surface area contributed by atoms with Gasteiger partial charge in [-0.05, 0) is 31.5 Å². The first kappa shape index (κ1) is 15.5. The molecule has 1 aliphatic rings. The number of hydrogen-bond acceptors (Lipinski definition) is 6. The van der Waals surface area contributed by atoms with Gasteiger partial charge < -0.3 is 10.2 Å². The number of hydrogen-bond donors (Lipinski definition) is 2. The van der Waals surface area contributed by atoms with Gasteiger partial charge in [-0.1, -0.05) is 0 Å². The summed E-state index contributed by atoms with van der Waals surface area (Å²) in [5, 5.41) is 19.5. The third-order valence-corrected chi connectivity index (χ3v) is 4.43. The van der Waals surface area contributed by atoms with Crippen molar-refractivity contribution in [2.45, 2.75) is 26.8 Å². The second kappa shape index (κ2) is 6.12. The summed E-state index contributed by atoms with van der Waals surface area (Å²) in [6, 6.07) is 3.83. The average molecular weight is 337 g/mol. The van der Waals surface area contributed by atoms with E-state index in [9.17, 15) is 4.79 Å². The van der Waals surface area contributed by atoms with E-state index in [1.54, 1.807) is 6.20 Å². The lowest BCUT2D eigenvalue weighted by atomic mass is 10.1. The molecule has 0 atom stereocenters. The Balaban J connectivity index is 1.60. The highest BCUT2D eigenvalue weighted by atomic mass is 16.2. The molecule has 0 radical (unpaired) electrons. The van der Waals surface area contributed by atoms with Gasteiger partial charge in [-0.15, -0.1) is 5.10 Å². The Kier molecular flexibility index (Phi) is 3.79. The van der Waals surface area contributed by atoms with Gasteiger partial charge in [0.25, 0.3) is 5.91 Å². The summed E-state index contributed by atoms with van der Waals surface area (Å²) in [4.78, 5) is 19.0. The van der Waals surface area contributed by atoms with Crippen LogP contribution in [0.5, 0.6) is 0 Å². The van der Waals surface area contributed by atoms with Crippen molar-refractivity contribution < 1.29 is 4.79 Å². The number of aromatic amines is 1. The van der Waals surface area contributed by atoms with Gasteiger partial charge in [0, 0.05) is 43.3 Å². The highest BCUT2D eigenvalue weighted by Crippen LogP contribution is 2.22. The molecule has 0 bridgehead atoms. The summed E-state index contributed by atoms with van der Waals surface area (Å²) >= 11 is 0. The largest absolute Gasteiger partial charge is 0.369 e. The molecule has 1 amide bonds. The van der Waals surface area contributed by atoms with E-state index < -0.39 is 0 Å². The molecule has 8 heteroatoms. The number of aromatic nitrogens is 5. The Morgan fingerprint density at radius 3 is 3.08 bits per heavy atom. The maximum atomic E-state index is 12.9. The number of nitrogens with one attached hydrogen (secondary N) is 2. The van der Waals surface area contributed by atoms with Crippen LogP contribution in [0.4, 0.5) is 5.82 Å². The van der Waals surface area contributed by atoms with Crippen molar-refractivity contribution in [2.75, 3.05) is 18.4 Å². The molecule has 25 heavy (non-hydrogen) atoms. The molecule has 3 aromatic rings. The van der Waals surface area contributed by atoms with Crippen LogP contribution in [0.2, 0.25) is 0 Å². The van der Waals surface area contributed by atoms with Gasteiger partial charge >= 0.3 is 0 Å². The summed E-state index contributed by atoms with van der Waals surface area (Å²) in [6.07, 6.45) is 2.30. The van der Waals surface area contributed by atoms with Gasteiger partial charge in [-0.3, -0.25) is 9.89 Å². The van der Waals surface area contributed by atoms with Crippen LogP contribution >= 0.6 is 0 Å². The standard InChI is InChI=1S/C17H19N7O/c1-3-18-15-7-12-9-24(5-4-14(12)21-22-15)17(25)11-6-13-10(2)20-23-16(13)19-8-11/h6-8H,3-5,9H2,1-2H3,(H,18,22)(H,19,20,23). The predicted octanol–water partition coefficient (Wildman–Crippen LogP) is 1.69. The number of nitrogens with zero attached hydrogens (tertiary/aromatic N) is 5. The van der Waals surface area contributed by atoms with Crippen molar-refractivity contribution in [3.8, 4) is 0 Å². The van der Waals surface area contributed by atoms with E-state index in [0.717, 1.165) is 34.7 Å². The van der Waals surface area contributed by atoms with Gasteiger partial charge in [0.2, 0.25) is 0 Å². The molecule has 0 saturated heterocycles. The van der Waals surface area contributed by atoms with Crippen molar-refractivity contribution in [1.82, 2.24) is 30.3 Å². The van der Waals surface area contributed by atoms with Crippen molar-refractivity contribution >= 4 is 22.8 Å². The van der Waals surface area contributed by atoms with E-state index in [4.69, 9.17) is 0 Å². The van der Waals surface area contributed by atoms with Crippen LogP contribution in [0.1, 0.15) is 34.2 Å². The summed E-state index contributed by atoms with van der Waals surface area (Å²) in [7, 11) is 0. The Labute approximate surface area is 144 Å². The topological polar surface area (TPSA) is 99.7 Å². The quantitative estimate of drug-likeness (QED) is 0.754. The molecule has 3 aromatic heterocycles. The molecule has 0 spiro atoms. The molecule has 1 aliphatic heterocycles. The average Bonchev–Trinajstić information content (AvgIpc) is 3.01. The van der Waals surface area contributed by atoms with E-state index in [1.807, 2.05) is 30.9 Å². The van der Waals surface area contributed by atoms with Crippen LogP contribution in [0.3, 0.4) is 0 Å². The second-order valence-corrected chi connectivity index (χ2v) is 6.15. The van der Waals surface area contributed by atoms with E-state index in [-0.39, 0.29) is 5.91 Å². The maximum absolute atomic E-state index is 12.9. The van der Waals surface area contributed by atoms with E-state index in [0.29, 0.717) is 30.7 Å². The van der Waals surface area contributed by atoms with E-state index in [2.05, 4.69) is 30.7 Å². The fraction of sp³-hybridized carbons (Fsp3) is 0.353. The molecule has 8 nitrogen and oxygen atoms in total. The highest BCUT2D eigenvalue weighted by molar-refractivity contribution is 5.97. The number of fused-ring (bicyclic) bond motifs is 2. The molecule has 0 saturated carbocycles. The Morgan fingerprint density at radius 1 is 1.36 bits per heavy atom. The van der Waals surface area contributed by atoms with Gasteiger partial charge in [0.15, 0.2) is 5.65 Å². The third-order valence-electron chi connectivity index (χ3n) is 4.43. The Morgan fingerprint density at radius 2 is 2.24 bits per heavy atom. The number of H-pyrrole nitrogens is 1. The van der Waals surface area contributed by atoms with Crippen molar-refractivity contribution in [2.24, 2.45) is 0 Å². The smallest absolute Gasteiger partial charge is 0.255 e. The molecule has 0 fully saturated rings. The van der Waals surface area contributed by atoms with Crippen LogP contribution in [-0.4, -0.2) is 49.3 Å². The fourth-order valence-corrected chi connectivity index (χ4v) is 3.09.